The van der Waals surface area contributed by atoms with Crippen LogP contribution < -0.4 is 0 Å². The van der Waals surface area contributed by atoms with E-state index < -0.39 is 0 Å². The number of carbonyl (C=O) groups is 1. The average Bonchev–Trinajstić information content (AvgIpc) is 2.60. The average molecular weight is 198 g/mol. The Bertz CT molecular complexity index is 335. The monoisotopic (exact) mass is 198 g/mol. The molecule has 1 aromatic rings. The van der Waals surface area contributed by atoms with Gasteiger partial charge in [-0.25, -0.2) is 4.79 Å². The van der Waals surface area contributed by atoms with Gasteiger partial charge in [0.05, 0.1) is 7.11 Å². The first-order valence-electron chi connectivity index (χ1n) is 4.05. The second-order valence-electron chi connectivity index (χ2n) is 2.82. The maximum absolute atomic E-state index is 11.2. The molecule has 0 aromatic carbocycles. The minimum atomic E-state index is -0.347. The zero-order valence-corrected chi connectivity index (χ0v) is 8.11. The molecule has 0 fully saturated rings. The van der Waals surface area contributed by atoms with Crippen LogP contribution in [0, 0.1) is 0 Å². The van der Waals surface area contributed by atoms with Crippen molar-refractivity contribution in [2.75, 3.05) is 12.9 Å². The molecule has 1 aliphatic heterocycles. The van der Waals surface area contributed by atoms with Crippen LogP contribution >= 0.6 is 11.8 Å². The molecule has 0 amide bonds. The van der Waals surface area contributed by atoms with Gasteiger partial charge in [0, 0.05) is 17.0 Å². The summed E-state index contributed by atoms with van der Waals surface area (Å²) in [5, 5.41) is 6.83. The van der Waals surface area contributed by atoms with Gasteiger partial charge in [0.15, 0.2) is 5.69 Å². The number of aromatic amines is 1. The lowest BCUT2D eigenvalue weighted by atomic mass is 10.1. The van der Waals surface area contributed by atoms with Gasteiger partial charge in [0.25, 0.3) is 0 Å². The van der Waals surface area contributed by atoms with E-state index in [-0.39, 0.29) is 5.97 Å². The molecule has 2 heterocycles. The standard InChI is InChI=1S/C8H10N2O2S/c1-12-8(11)7-5-4-13-3-2-6(5)9-10-7/h2-4H2,1H3,(H,9,10). The van der Waals surface area contributed by atoms with Crippen molar-refractivity contribution in [2.45, 2.75) is 12.2 Å². The second kappa shape index (κ2) is 3.41. The summed E-state index contributed by atoms with van der Waals surface area (Å²) in [5.74, 6) is 1.60. The Kier molecular flexibility index (Phi) is 2.26. The maximum Gasteiger partial charge on any atom is 0.358 e. The number of thioether (sulfide) groups is 1. The van der Waals surface area contributed by atoms with Gasteiger partial charge in [0.1, 0.15) is 0 Å². The van der Waals surface area contributed by atoms with Gasteiger partial charge in [-0.3, -0.25) is 5.10 Å². The van der Waals surface area contributed by atoms with E-state index in [9.17, 15) is 4.79 Å². The quantitative estimate of drug-likeness (QED) is 0.683. The van der Waals surface area contributed by atoms with Crippen molar-refractivity contribution in [2.24, 2.45) is 0 Å². The summed E-state index contributed by atoms with van der Waals surface area (Å²) in [6, 6.07) is 0. The lowest BCUT2D eigenvalue weighted by Gasteiger charge is -2.09. The van der Waals surface area contributed by atoms with Crippen LogP contribution in [0.15, 0.2) is 0 Å². The fraction of sp³-hybridized carbons (Fsp3) is 0.500. The zero-order chi connectivity index (χ0) is 9.26. The molecule has 0 saturated carbocycles. The molecule has 0 radical (unpaired) electrons. The van der Waals surface area contributed by atoms with Crippen molar-refractivity contribution in [3.63, 3.8) is 0 Å². The number of nitrogens with zero attached hydrogens (tertiary/aromatic N) is 1. The molecule has 0 unspecified atom stereocenters. The van der Waals surface area contributed by atoms with Crippen molar-refractivity contribution in [1.29, 1.82) is 0 Å². The number of rotatable bonds is 1. The highest BCUT2D eigenvalue weighted by molar-refractivity contribution is 7.98. The van der Waals surface area contributed by atoms with Gasteiger partial charge in [-0.05, 0) is 12.2 Å². The van der Waals surface area contributed by atoms with Crippen molar-refractivity contribution in [3.8, 4) is 0 Å². The number of fused-ring (bicyclic) bond motifs is 1. The van der Waals surface area contributed by atoms with E-state index in [4.69, 9.17) is 0 Å². The molecule has 5 heteroatoms. The van der Waals surface area contributed by atoms with E-state index in [1.165, 1.54) is 7.11 Å². The first-order valence-corrected chi connectivity index (χ1v) is 5.20. The van der Waals surface area contributed by atoms with Crippen molar-refractivity contribution >= 4 is 17.7 Å². The molecule has 2 rings (SSSR count). The number of methoxy groups -OCH3 is 1. The summed E-state index contributed by atoms with van der Waals surface area (Å²) in [5.41, 5.74) is 2.55. The van der Waals surface area contributed by atoms with Gasteiger partial charge in [-0.1, -0.05) is 0 Å². The van der Waals surface area contributed by atoms with E-state index in [1.807, 2.05) is 11.8 Å². The minimum Gasteiger partial charge on any atom is -0.464 e. The lowest BCUT2D eigenvalue weighted by molar-refractivity contribution is 0.0593. The zero-order valence-electron chi connectivity index (χ0n) is 7.29. The Morgan fingerprint density at radius 2 is 2.54 bits per heavy atom. The minimum absolute atomic E-state index is 0.347. The molecule has 4 nitrogen and oxygen atoms in total. The van der Waals surface area contributed by atoms with E-state index in [1.54, 1.807) is 0 Å². The van der Waals surface area contributed by atoms with Crippen LogP contribution in [0.2, 0.25) is 0 Å². The van der Waals surface area contributed by atoms with E-state index in [2.05, 4.69) is 14.9 Å². The van der Waals surface area contributed by atoms with Gasteiger partial charge in [-0.2, -0.15) is 16.9 Å². The Morgan fingerprint density at radius 3 is 3.31 bits per heavy atom. The lowest BCUT2D eigenvalue weighted by Crippen LogP contribution is -2.07. The predicted octanol–water partition coefficient (Wildman–Crippen LogP) is 0.986. The van der Waals surface area contributed by atoms with Crippen LogP contribution in [0.25, 0.3) is 0 Å². The molecular weight excluding hydrogens is 188 g/mol. The molecular formula is C8H10N2O2S. The fourth-order valence-corrected chi connectivity index (χ4v) is 2.39. The number of aromatic nitrogens is 2. The molecule has 1 aromatic heterocycles. The molecule has 0 aliphatic carbocycles. The normalized spacial score (nSPS) is 15.2. The third-order valence-corrected chi connectivity index (χ3v) is 3.06. The number of hydrogen-bond donors (Lipinski definition) is 1. The predicted molar refractivity (Wildman–Crippen MR) is 49.8 cm³/mol. The van der Waals surface area contributed by atoms with Crippen molar-refractivity contribution in [1.82, 2.24) is 10.2 Å². The molecule has 0 atom stereocenters. The Labute approximate surface area is 80.0 Å². The number of nitrogens with one attached hydrogen (secondary N) is 1. The Morgan fingerprint density at radius 1 is 1.69 bits per heavy atom. The fourth-order valence-electron chi connectivity index (χ4n) is 1.38. The van der Waals surface area contributed by atoms with E-state index >= 15 is 0 Å². The summed E-state index contributed by atoms with van der Waals surface area (Å²) in [6.45, 7) is 0. The highest BCUT2D eigenvalue weighted by Crippen LogP contribution is 2.25. The maximum atomic E-state index is 11.2. The summed E-state index contributed by atoms with van der Waals surface area (Å²) in [7, 11) is 1.37. The van der Waals surface area contributed by atoms with Crippen LogP contribution in [-0.2, 0) is 16.9 Å². The van der Waals surface area contributed by atoms with Crippen LogP contribution in [0.3, 0.4) is 0 Å². The van der Waals surface area contributed by atoms with Gasteiger partial charge >= 0.3 is 5.97 Å². The number of H-pyrrole nitrogens is 1. The van der Waals surface area contributed by atoms with Crippen LogP contribution in [-0.4, -0.2) is 29.0 Å². The SMILES string of the molecule is COC(=O)c1n[nH]c2c1CSCC2. The third kappa shape index (κ3) is 1.44. The molecule has 0 saturated heterocycles. The number of hydrogen-bond acceptors (Lipinski definition) is 4. The molecule has 70 valence electrons. The first kappa shape index (κ1) is 8.62. The second-order valence-corrected chi connectivity index (χ2v) is 3.93. The summed E-state index contributed by atoms with van der Waals surface area (Å²) in [4.78, 5) is 11.2. The summed E-state index contributed by atoms with van der Waals surface area (Å²) >= 11 is 1.82. The van der Waals surface area contributed by atoms with E-state index in [0.29, 0.717) is 5.69 Å². The molecule has 13 heavy (non-hydrogen) atoms. The number of carbonyl (C=O) groups excluding carboxylic acids is 1. The molecule has 0 bridgehead atoms. The van der Waals surface area contributed by atoms with Crippen LogP contribution in [0.1, 0.15) is 21.7 Å². The highest BCUT2D eigenvalue weighted by atomic mass is 32.2. The van der Waals surface area contributed by atoms with Gasteiger partial charge in [0.2, 0.25) is 0 Å². The van der Waals surface area contributed by atoms with Gasteiger partial charge < -0.3 is 4.74 Å². The largest absolute Gasteiger partial charge is 0.464 e. The number of aryl methyl sites for hydroxylation is 1. The molecule has 1 aliphatic rings. The topological polar surface area (TPSA) is 55.0 Å². The molecule has 1 N–H and O–H groups in total. The van der Waals surface area contributed by atoms with Crippen molar-refractivity contribution < 1.29 is 9.53 Å². The Balaban J connectivity index is 2.36. The molecule has 0 spiro atoms. The van der Waals surface area contributed by atoms with Crippen LogP contribution in [0.5, 0.6) is 0 Å². The van der Waals surface area contributed by atoms with E-state index in [0.717, 1.165) is 29.2 Å². The van der Waals surface area contributed by atoms with Crippen molar-refractivity contribution in [3.05, 3.63) is 17.0 Å². The third-order valence-electron chi connectivity index (χ3n) is 2.07. The number of esters is 1. The van der Waals surface area contributed by atoms with Gasteiger partial charge in [-0.15, -0.1) is 0 Å². The smallest absolute Gasteiger partial charge is 0.358 e. The number of ether oxygens (including phenoxy) is 1. The van der Waals surface area contributed by atoms with Crippen LogP contribution in [0.4, 0.5) is 0 Å². The summed E-state index contributed by atoms with van der Waals surface area (Å²) in [6.07, 6.45) is 0.962. The first-order chi connectivity index (χ1) is 6.33. The Hall–Kier alpha value is -0.970. The highest BCUT2D eigenvalue weighted by Gasteiger charge is 2.21. The summed E-state index contributed by atoms with van der Waals surface area (Å²) < 4.78 is 4.63.